The monoisotopic (exact) mass is 379 g/mol. The summed E-state index contributed by atoms with van der Waals surface area (Å²) in [5.41, 5.74) is 1.94. The highest BCUT2D eigenvalue weighted by Gasteiger charge is 2.09. The Hall–Kier alpha value is -3.61. The fraction of sp³-hybridized carbons (Fsp3) is 0.190. The largest absolute Gasteiger partial charge is 0.497 e. The van der Waals surface area contributed by atoms with Crippen molar-refractivity contribution in [3.05, 3.63) is 76.6 Å². The van der Waals surface area contributed by atoms with Gasteiger partial charge in [-0.05, 0) is 35.9 Å². The van der Waals surface area contributed by atoms with Crippen molar-refractivity contribution in [2.45, 2.75) is 13.1 Å². The summed E-state index contributed by atoms with van der Waals surface area (Å²) in [5.74, 6) is 1.10. The van der Waals surface area contributed by atoms with Crippen LogP contribution in [0.3, 0.4) is 0 Å². The third kappa shape index (κ3) is 4.76. The van der Waals surface area contributed by atoms with Crippen LogP contribution in [-0.2, 0) is 17.9 Å². The number of rotatable bonds is 7. The quantitative estimate of drug-likeness (QED) is 0.681. The number of amides is 1. The van der Waals surface area contributed by atoms with Gasteiger partial charge in [0, 0.05) is 18.2 Å². The van der Waals surface area contributed by atoms with Crippen LogP contribution >= 0.6 is 0 Å². The Kier molecular flexibility index (Phi) is 6.06. The number of aromatic nitrogens is 2. The van der Waals surface area contributed by atoms with Gasteiger partial charge in [0.2, 0.25) is 5.91 Å². The molecule has 7 heteroatoms. The first kappa shape index (κ1) is 19.2. The van der Waals surface area contributed by atoms with Gasteiger partial charge in [-0.2, -0.15) is 5.10 Å². The van der Waals surface area contributed by atoms with E-state index >= 15 is 0 Å². The predicted molar refractivity (Wildman–Crippen MR) is 105 cm³/mol. The van der Waals surface area contributed by atoms with Gasteiger partial charge in [0.15, 0.2) is 0 Å². The molecule has 0 bridgehead atoms. The standard InChI is InChI=1S/C21H21N3O4/c1-27-17-7-3-5-15(11-17)13-22-20(25)14-24-21(26)10-9-19(23-24)16-6-4-8-18(12-16)28-2/h3-12H,13-14H2,1-2H3,(H,22,25). The zero-order valence-corrected chi connectivity index (χ0v) is 15.7. The highest BCUT2D eigenvalue weighted by atomic mass is 16.5. The summed E-state index contributed by atoms with van der Waals surface area (Å²) >= 11 is 0. The maximum Gasteiger partial charge on any atom is 0.267 e. The van der Waals surface area contributed by atoms with Crippen molar-refractivity contribution in [3.8, 4) is 22.8 Å². The smallest absolute Gasteiger partial charge is 0.267 e. The molecular formula is C21H21N3O4. The Morgan fingerprint density at radius 2 is 1.71 bits per heavy atom. The number of nitrogens with zero attached hydrogens (tertiary/aromatic N) is 2. The summed E-state index contributed by atoms with van der Waals surface area (Å²) in [6, 6.07) is 17.8. The fourth-order valence-corrected chi connectivity index (χ4v) is 2.67. The second-order valence-corrected chi connectivity index (χ2v) is 6.07. The van der Waals surface area contributed by atoms with E-state index in [0.717, 1.165) is 21.6 Å². The molecule has 0 radical (unpaired) electrons. The molecule has 0 unspecified atom stereocenters. The lowest BCUT2D eigenvalue weighted by Gasteiger charge is -2.09. The lowest BCUT2D eigenvalue weighted by Crippen LogP contribution is -2.33. The van der Waals surface area contributed by atoms with Gasteiger partial charge >= 0.3 is 0 Å². The molecule has 0 aliphatic heterocycles. The number of carbonyl (C=O) groups excluding carboxylic acids is 1. The summed E-state index contributed by atoms with van der Waals surface area (Å²) < 4.78 is 11.5. The van der Waals surface area contributed by atoms with E-state index in [-0.39, 0.29) is 18.0 Å². The van der Waals surface area contributed by atoms with E-state index in [0.29, 0.717) is 18.0 Å². The second-order valence-electron chi connectivity index (χ2n) is 6.07. The lowest BCUT2D eigenvalue weighted by atomic mass is 10.1. The van der Waals surface area contributed by atoms with Crippen LogP contribution in [0.1, 0.15) is 5.56 Å². The minimum absolute atomic E-state index is 0.166. The van der Waals surface area contributed by atoms with Crippen molar-refractivity contribution in [2.24, 2.45) is 0 Å². The first-order valence-corrected chi connectivity index (χ1v) is 8.71. The molecule has 1 N–H and O–H groups in total. The van der Waals surface area contributed by atoms with Crippen molar-refractivity contribution in [2.75, 3.05) is 14.2 Å². The van der Waals surface area contributed by atoms with Gasteiger partial charge in [0.25, 0.3) is 5.56 Å². The van der Waals surface area contributed by atoms with Crippen LogP contribution in [-0.4, -0.2) is 29.9 Å². The Morgan fingerprint density at radius 3 is 2.46 bits per heavy atom. The molecule has 0 aliphatic carbocycles. The molecule has 1 heterocycles. The zero-order valence-electron chi connectivity index (χ0n) is 15.7. The van der Waals surface area contributed by atoms with Gasteiger partial charge in [0.05, 0.1) is 19.9 Å². The summed E-state index contributed by atoms with van der Waals surface area (Å²) in [6.45, 7) is 0.168. The molecule has 1 amide bonds. The molecule has 28 heavy (non-hydrogen) atoms. The molecule has 0 fully saturated rings. The van der Waals surface area contributed by atoms with Crippen molar-refractivity contribution in [1.82, 2.24) is 15.1 Å². The molecule has 144 valence electrons. The first-order valence-electron chi connectivity index (χ1n) is 8.71. The molecule has 2 aromatic carbocycles. The number of nitrogens with one attached hydrogen (secondary N) is 1. The number of hydrogen-bond donors (Lipinski definition) is 1. The van der Waals surface area contributed by atoms with E-state index in [1.54, 1.807) is 20.3 Å². The van der Waals surface area contributed by atoms with Gasteiger partial charge < -0.3 is 14.8 Å². The average Bonchev–Trinajstić information content (AvgIpc) is 2.74. The van der Waals surface area contributed by atoms with Crippen molar-refractivity contribution in [3.63, 3.8) is 0 Å². The molecule has 7 nitrogen and oxygen atoms in total. The van der Waals surface area contributed by atoms with Crippen LogP contribution in [0.4, 0.5) is 0 Å². The van der Waals surface area contributed by atoms with Crippen LogP contribution in [0, 0.1) is 0 Å². The van der Waals surface area contributed by atoms with Crippen molar-refractivity contribution in [1.29, 1.82) is 0 Å². The number of methoxy groups -OCH3 is 2. The predicted octanol–water partition coefficient (Wildman–Crippen LogP) is 2.24. The molecule has 1 aromatic heterocycles. The van der Waals surface area contributed by atoms with E-state index in [2.05, 4.69) is 10.4 Å². The molecule has 0 atom stereocenters. The van der Waals surface area contributed by atoms with Gasteiger partial charge in [-0.25, -0.2) is 4.68 Å². The molecular weight excluding hydrogens is 358 g/mol. The van der Waals surface area contributed by atoms with Gasteiger partial charge in [-0.3, -0.25) is 9.59 Å². The molecule has 0 saturated carbocycles. The number of hydrogen-bond acceptors (Lipinski definition) is 5. The highest BCUT2D eigenvalue weighted by molar-refractivity contribution is 5.75. The SMILES string of the molecule is COc1cccc(CNC(=O)Cn2nc(-c3cccc(OC)c3)ccc2=O)c1. The zero-order chi connectivity index (χ0) is 19.9. The van der Waals surface area contributed by atoms with Crippen LogP contribution < -0.4 is 20.3 Å². The maximum atomic E-state index is 12.3. The van der Waals surface area contributed by atoms with Crippen molar-refractivity contribution < 1.29 is 14.3 Å². The molecule has 0 spiro atoms. The summed E-state index contributed by atoms with van der Waals surface area (Å²) in [7, 11) is 3.17. The Morgan fingerprint density at radius 1 is 1.00 bits per heavy atom. The van der Waals surface area contributed by atoms with E-state index in [9.17, 15) is 9.59 Å². The third-order valence-corrected chi connectivity index (χ3v) is 4.15. The molecule has 3 aromatic rings. The summed E-state index contributed by atoms with van der Waals surface area (Å²) in [6.07, 6.45) is 0. The normalized spacial score (nSPS) is 10.4. The van der Waals surface area contributed by atoms with Crippen molar-refractivity contribution >= 4 is 5.91 Å². The molecule has 3 rings (SSSR count). The van der Waals surface area contributed by atoms with E-state index in [1.165, 1.54) is 6.07 Å². The Labute approximate surface area is 162 Å². The molecule has 0 saturated heterocycles. The lowest BCUT2D eigenvalue weighted by molar-refractivity contribution is -0.122. The fourth-order valence-electron chi connectivity index (χ4n) is 2.67. The van der Waals surface area contributed by atoms with Gasteiger partial charge in [0.1, 0.15) is 18.0 Å². The van der Waals surface area contributed by atoms with Gasteiger partial charge in [-0.15, -0.1) is 0 Å². The van der Waals surface area contributed by atoms with Crippen LogP contribution in [0.25, 0.3) is 11.3 Å². The average molecular weight is 379 g/mol. The summed E-state index contributed by atoms with van der Waals surface area (Å²) in [5, 5.41) is 7.10. The Balaban J connectivity index is 1.70. The van der Waals surface area contributed by atoms with Gasteiger partial charge in [-0.1, -0.05) is 24.3 Å². The molecule has 0 aliphatic rings. The number of ether oxygens (including phenoxy) is 2. The van der Waals surface area contributed by atoms with E-state index < -0.39 is 0 Å². The minimum atomic E-state index is -0.344. The number of carbonyl (C=O) groups is 1. The maximum absolute atomic E-state index is 12.3. The topological polar surface area (TPSA) is 82.4 Å². The highest BCUT2D eigenvalue weighted by Crippen LogP contribution is 2.21. The minimum Gasteiger partial charge on any atom is -0.497 e. The van der Waals surface area contributed by atoms with E-state index in [1.807, 2.05) is 48.5 Å². The second kappa shape index (κ2) is 8.85. The van der Waals surface area contributed by atoms with Crippen LogP contribution in [0.2, 0.25) is 0 Å². The van der Waals surface area contributed by atoms with E-state index in [4.69, 9.17) is 9.47 Å². The Bertz CT molecular complexity index is 1030. The van der Waals surface area contributed by atoms with Crippen LogP contribution in [0.5, 0.6) is 11.5 Å². The van der Waals surface area contributed by atoms with Crippen LogP contribution in [0.15, 0.2) is 65.5 Å². The third-order valence-electron chi connectivity index (χ3n) is 4.15. The first-order chi connectivity index (χ1) is 13.6. The summed E-state index contributed by atoms with van der Waals surface area (Å²) in [4.78, 5) is 24.4. The number of benzene rings is 2.